The van der Waals surface area contributed by atoms with Crippen LogP contribution >= 0.6 is 0 Å². The molecular formula is C22H23N3O2. The second-order valence-electron chi connectivity index (χ2n) is 6.18. The number of methoxy groups -OCH3 is 1. The molecule has 3 aromatic rings. The Hall–Kier alpha value is -3.34. The normalized spacial score (nSPS) is 10.3. The maximum atomic E-state index is 12.5. The number of para-hydroxylation sites is 1. The van der Waals surface area contributed by atoms with Crippen molar-refractivity contribution in [2.45, 2.75) is 6.42 Å². The molecule has 0 radical (unpaired) electrons. The van der Waals surface area contributed by atoms with E-state index in [0.717, 1.165) is 29.1 Å². The van der Waals surface area contributed by atoms with Crippen LogP contribution in [0.1, 0.15) is 15.9 Å². The fourth-order valence-electron chi connectivity index (χ4n) is 2.79. The number of amides is 1. The number of aromatic nitrogens is 1. The summed E-state index contributed by atoms with van der Waals surface area (Å²) in [5, 5.41) is 2.95. The van der Waals surface area contributed by atoms with E-state index in [0.29, 0.717) is 12.1 Å². The van der Waals surface area contributed by atoms with E-state index in [2.05, 4.69) is 10.3 Å². The summed E-state index contributed by atoms with van der Waals surface area (Å²) in [7, 11) is 3.60. The lowest BCUT2D eigenvalue weighted by molar-refractivity contribution is 0.0954. The van der Waals surface area contributed by atoms with Crippen LogP contribution in [0.4, 0.5) is 11.4 Å². The number of hydrogen-bond donors (Lipinski definition) is 1. The summed E-state index contributed by atoms with van der Waals surface area (Å²) in [6.07, 6.45) is 4.07. The number of carbonyl (C=O) groups excluding carboxylic acids is 1. The third-order valence-corrected chi connectivity index (χ3v) is 4.35. The number of rotatable bonds is 7. The van der Waals surface area contributed by atoms with Gasteiger partial charge in [0.25, 0.3) is 5.91 Å². The highest BCUT2D eigenvalue weighted by atomic mass is 16.5. The lowest BCUT2D eigenvalue weighted by Gasteiger charge is -2.19. The van der Waals surface area contributed by atoms with Crippen LogP contribution in [0.5, 0.6) is 5.75 Å². The smallest absolute Gasteiger partial charge is 0.252 e. The number of carbonyl (C=O) groups is 1. The molecule has 0 fully saturated rings. The van der Waals surface area contributed by atoms with E-state index in [1.807, 2.05) is 72.6 Å². The van der Waals surface area contributed by atoms with E-state index in [9.17, 15) is 4.79 Å². The third-order valence-electron chi connectivity index (χ3n) is 4.35. The molecule has 0 saturated carbocycles. The van der Waals surface area contributed by atoms with Crippen molar-refractivity contribution in [1.82, 2.24) is 10.3 Å². The molecule has 27 heavy (non-hydrogen) atoms. The lowest BCUT2D eigenvalue weighted by atomic mass is 10.1. The van der Waals surface area contributed by atoms with E-state index in [1.54, 1.807) is 19.5 Å². The van der Waals surface area contributed by atoms with Crippen molar-refractivity contribution >= 4 is 17.3 Å². The SMILES string of the molecule is COc1cccc(CCNC(=O)c2cncc(N(C)c3ccccc3)c2)c1. The number of nitrogens with one attached hydrogen (secondary N) is 1. The number of benzene rings is 2. The molecule has 0 saturated heterocycles. The summed E-state index contributed by atoms with van der Waals surface area (Å²) in [5.41, 5.74) is 3.56. The Labute approximate surface area is 159 Å². The molecule has 138 valence electrons. The van der Waals surface area contributed by atoms with Crippen LogP contribution in [0.3, 0.4) is 0 Å². The fourth-order valence-corrected chi connectivity index (χ4v) is 2.79. The van der Waals surface area contributed by atoms with Crippen LogP contribution in [0.25, 0.3) is 0 Å². The molecule has 1 N–H and O–H groups in total. The standard InChI is InChI=1S/C22H23N3O2/c1-25(19-8-4-3-5-9-19)20-14-18(15-23-16-20)22(26)24-12-11-17-7-6-10-21(13-17)27-2/h3-10,13-16H,11-12H2,1-2H3,(H,24,26). The van der Waals surface area contributed by atoms with Gasteiger partial charge in [0.05, 0.1) is 24.6 Å². The predicted octanol–water partition coefficient (Wildman–Crippen LogP) is 3.83. The van der Waals surface area contributed by atoms with Crippen molar-refractivity contribution in [2.24, 2.45) is 0 Å². The van der Waals surface area contributed by atoms with Crippen LogP contribution < -0.4 is 15.0 Å². The quantitative estimate of drug-likeness (QED) is 0.695. The van der Waals surface area contributed by atoms with E-state index < -0.39 is 0 Å². The number of nitrogens with zero attached hydrogens (tertiary/aromatic N) is 2. The number of pyridine rings is 1. The van der Waals surface area contributed by atoms with Gasteiger partial charge in [-0.3, -0.25) is 9.78 Å². The summed E-state index contributed by atoms with van der Waals surface area (Å²) in [6.45, 7) is 0.546. The minimum atomic E-state index is -0.131. The zero-order valence-corrected chi connectivity index (χ0v) is 15.6. The minimum Gasteiger partial charge on any atom is -0.497 e. The first-order valence-corrected chi connectivity index (χ1v) is 8.82. The van der Waals surface area contributed by atoms with Crippen molar-refractivity contribution in [1.29, 1.82) is 0 Å². The minimum absolute atomic E-state index is 0.131. The summed E-state index contributed by atoms with van der Waals surface area (Å²) < 4.78 is 5.22. The van der Waals surface area contributed by atoms with Gasteiger partial charge in [-0.25, -0.2) is 0 Å². The van der Waals surface area contributed by atoms with Crippen LogP contribution in [-0.4, -0.2) is 31.6 Å². The van der Waals surface area contributed by atoms with E-state index in [1.165, 1.54) is 0 Å². The first-order chi connectivity index (χ1) is 13.2. The van der Waals surface area contributed by atoms with Gasteiger partial charge in [-0.15, -0.1) is 0 Å². The van der Waals surface area contributed by atoms with Gasteiger partial charge in [-0.2, -0.15) is 0 Å². The highest BCUT2D eigenvalue weighted by molar-refractivity contribution is 5.94. The van der Waals surface area contributed by atoms with E-state index >= 15 is 0 Å². The Balaban J connectivity index is 1.61. The molecule has 2 aromatic carbocycles. The van der Waals surface area contributed by atoms with Crippen molar-refractivity contribution in [3.8, 4) is 5.75 Å². The first-order valence-electron chi connectivity index (χ1n) is 8.82. The molecule has 0 bridgehead atoms. The van der Waals surface area contributed by atoms with Gasteiger partial charge in [0.1, 0.15) is 5.75 Å². The zero-order valence-electron chi connectivity index (χ0n) is 15.6. The zero-order chi connectivity index (χ0) is 19.1. The maximum absolute atomic E-state index is 12.5. The number of hydrogen-bond acceptors (Lipinski definition) is 4. The average molecular weight is 361 g/mol. The Morgan fingerprint density at radius 3 is 2.63 bits per heavy atom. The molecule has 3 rings (SSSR count). The topological polar surface area (TPSA) is 54.5 Å². The molecule has 0 spiro atoms. The predicted molar refractivity (Wildman–Crippen MR) is 108 cm³/mol. The van der Waals surface area contributed by atoms with Gasteiger partial charge in [-0.1, -0.05) is 30.3 Å². The van der Waals surface area contributed by atoms with Gasteiger partial charge in [0.15, 0.2) is 0 Å². The molecular weight excluding hydrogens is 338 g/mol. The fraction of sp³-hybridized carbons (Fsp3) is 0.182. The van der Waals surface area contributed by atoms with Crippen molar-refractivity contribution < 1.29 is 9.53 Å². The third kappa shape index (κ3) is 4.85. The van der Waals surface area contributed by atoms with E-state index in [-0.39, 0.29) is 5.91 Å². The molecule has 1 amide bonds. The monoisotopic (exact) mass is 361 g/mol. The summed E-state index contributed by atoms with van der Waals surface area (Å²) in [4.78, 5) is 18.7. The molecule has 5 heteroatoms. The molecule has 0 aliphatic rings. The van der Waals surface area contributed by atoms with Crippen molar-refractivity contribution in [3.63, 3.8) is 0 Å². The summed E-state index contributed by atoms with van der Waals surface area (Å²) in [5.74, 6) is 0.688. The van der Waals surface area contributed by atoms with Crippen molar-refractivity contribution in [2.75, 3.05) is 25.6 Å². The Morgan fingerprint density at radius 2 is 1.85 bits per heavy atom. The molecule has 0 unspecified atom stereocenters. The van der Waals surface area contributed by atoms with Crippen molar-refractivity contribution in [3.05, 3.63) is 84.2 Å². The number of ether oxygens (including phenoxy) is 1. The Kier molecular flexibility index (Phi) is 6.05. The summed E-state index contributed by atoms with van der Waals surface area (Å²) in [6, 6.07) is 19.7. The second kappa shape index (κ2) is 8.85. The largest absolute Gasteiger partial charge is 0.497 e. The van der Waals surface area contributed by atoms with Crippen LogP contribution in [-0.2, 0) is 6.42 Å². The maximum Gasteiger partial charge on any atom is 0.252 e. The Bertz CT molecular complexity index is 897. The van der Waals surface area contributed by atoms with Gasteiger partial charge in [0.2, 0.25) is 0 Å². The number of anilines is 2. The molecule has 0 atom stereocenters. The molecule has 1 aromatic heterocycles. The van der Waals surface area contributed by atoms with E-state index in [4.69, 9.17) is 4.74 Å². The van der Waals surface area contributed by atoms with Gasteiger partial charge >= 0.3 is 0 Å². The first kappa shape index (κ1) is 18.5. The highest BCUT2D eigenvalue weighted by Crippen LogP contribution is 2.23. The Morgan fingerprint density at radius 1 is 1.04 bits per heavy atom. The molecule has 0 aliphatic carbocycles. The van der Waals surface area contributed by atoms with Gasteiger partial charge < -0.3 is 15.0 Å². The van der Waals surface area contributed by atoms with Crippen LogP contribution in [0.15, 0.2) is 73.1 Å². The summed E-state index contributed by atoms with van der Waals surface area (Å²) >= 11 is 0. The van der Waals surface area contributed by atoms with Gasteiger partial charge in [0, 0.05) is 25.5 Å². The highest BCUT2D eigenvalue weighted by Gasteiger charge is 2.10. The molecule has 0 aliphatic heterocycles. The van der Waals surface area contributed by atoms with Crippen LogP contribution in [0, 0.1) is 0 Å². The second-order valence-corrected chi connectivity index (χ2v) is 6.18. The average Bonchev–Trinajstić information content (AvgIpc) is 2.74. The van der Waals surface area contributed by atoms with Gasteiger partial charge in [-0.05, 0) is 42.3 Å². The van der Waals surface area contributed by atoms with Crippen LogP contribution in [0.2, 0.25) is 0 Å². The lowest BCUT2D eigenvalue weighted by Crippen LogP contribution is -2.26. The molecule has 1 heterocycles. The molecule has 5 nitrogen and oxygen atoms in total.